The third-order valence-electron chi connectivity index (χ3n) is 8.88. The average molecular weight is 634 g/mol. The van der Waals surface area contributed by atoms with E-state index in [0.717, 1.165) is 12.8 Å². The fraction of sp³-hybridized carbons (Fsp3) is 0.724. The van der Waals surface area contributed by atoms with Crippen LogP contribution in [0.3, 0.4) is 0 Å². The fourth-order valence-corrected chi connectivity index (χ4v) is 6.63. The quantitative estimate of drug-likeness (QED) is 0.293. The smallest absolute Gasteiger partial charge is 0.323 e. The molecule has 0 saturated carbocycles. The highest BCUT2D eigenvalue weighted by Gasteiger charge is 2.61. The van der Waals surface area contributed by atoms with E-state index in [1.54, 1.807) is 9.80 Å². The van der Waals surface area contributed by atoms with Crippen molar-refractivity contribution in [2.24, 2.45) is 11.8 Å². The standard InChI is InChI=1S/C17H25N5O5.C12H18N2O4/c1-10(2)15(25)22-6-4-5-17(22)8-21(16(17)26)7-12(24)20-13(11(3)23)14-18-9-19-27-14;1-8(2)10(17)14-5-3-4-12(14)7-13(11(12)18)6-9(15)16/h9-11,13,23H,4-8H2,1-3H3,(H,20,24);8H,3-7H2,1-2H3,(H,15,16)/t11-,13+,17?;/m1./s1. The maximum Gasteiger partial charge on any atom is 0.323 e. The van der Waals surface area contributed by atoms with Crippen LogP contribution in [0.5, 0.6) is 0 Å². The highest BCUT2D eigenvalue weighted by atomic mass is 16.5. The van der Waals surface area contributed by atoms with Gasteiger partial charge in [0.25, 0.3) is 17.7 Å². The van der Waals surface area contributed by atoms with Gasteiger partial charge in [-0.15, -0.1) is 0 Å². The minimum Gasteiger partial charge on any atom is -0.480 e. The first-order valence-corrected chi connectivity index (χ1v) is 15.3. The molecule has 1 aromatic heterocycles. The maximum atomic E-state index is 12.8. The monoisotopic (exact) mass is 633 g/mol. The molecule has 2 unspecified atom stereocenters. The Hall–Kier alpha value is -4.08. The van der Waals surface area contributed by atoms with E-state index < -0.39 is 35.1 Å². The molecule has 4 aliphatic rings. The zero-order valence-electron chi connectivity index (χ0n) is 26.4. The average Bonchev–Trinajstić information content (AvgIpc) is 3.76. The molecular weight excluding hydrogens is 590 g/mol. The van der Waals surface area contributed by atoms with Crippen molar-refractivity contribution in [2.45, 2.75) is 83.5 Å². The lowest BCUT2D eigenvalue weighted by Gasteiger charge is -2.51. The zero-order valence-corrected chi connectivity index (χ0v) is 26.4. The Bertz CT molecular complexity index is 1320. The summed E-state index contributed by atoms with van der Waals surface area (Å²) in [5.74, 6) is -2.14. The summed E-state index contributed by atoms with van der Waals surface area (Å²) in [6.45, 7) is 10.2. The lowest BCUT2D eigenvalue weighted by atomic mass is 9.85. The van der Waals surface area contributed by atoms with Crippen molar-refractivity contribution >= 4 is 35.5 Å². The normalized spacial score (nSPS) is 25.3. The van der Waals surface area contributed by atoms with E-state index in [4.69, 9.17) is 9.63 Å². The number of hydrogen-bond donors (Lipinski definition) is 3. The first kappa shape index (κ1) is 33.8. The van der Waals surface area contributed by atoms with E-state index in [-0.39, 0.29) is 54.4 Å². The number of β-lactam (4-membered cyclic amide) rings is 2. The SMILES string of the molecule is CC(C)C(=O)N1CCCC12CN(CC(=O)N[C@H](c1ncno1)[C@@H](C)O)C2=O.CC(C)C(=O)N1CCCC12CN(CC(=O)O)C2=O. The molecule has 16 heteroatoms. The Morgan fingerprint density at radius 2 is 1.38 bits per heavy atom. The van der Waals surface area contributed by atoms with Gasteiger partial charge in [-0.25, -0.2) is 0 Å². The lowest BCUT2D eigenvalue weighted by Crippen LogP contribution is -2.74. The van der Waals surface area contributed by atoms with E-state index in [0.29, 0.717) is 39.0 Å². The maximum absolute atomic E-state index is 12.8. The number of likely N-dealkylation sites (tertiary alicyclic amines) is 4. The van der Waals surface area contributed by atoms with Gasteiger partial charge in [-0.05, 0) is 32.6 Å². The highest BCUT2D eigenvalue weighted by Crippen LogP contribution is 2.40. The van der Waals surface area contributed by atoms with Crippen molar-refractivity contribution in [3.8, 4) is 0 Å². The number of hydrogen-bond acceptors (Lipinski definition) is 10. The van der Waals surface area contributed by atoms with Gasteiger partial charge in [-0.1, -0.05) is 32.9 Å². The van der Waals surface area contributed by atoms with Crippen LogP contribution in [-0.2, 0) is 28.8 Å². The Morgan fingerprint density at radius 1 is 0.889 bits per heavy atom. The summed E-state index contributed by atoms with van der Waals surface area (Å²) in [5.41, 5.74) is -1.53. The van der Waals surface area contributed by atoms with Crippen molar-refractivity contribution in [1.82, 2.24) is 35.1 Å². The van der Waals surface area contributed by atoms with Crippen molar-refractivity contribution in [3.05, 3.63) is 12.2 Å². The van der Waals surface area contributed by atoms with Crippen LogP contribution >= 0.6 is 0 Å². The number of amides is 5. The second-order valence-electron chi connectivity index (χ2n) is 12.8. The van der Waals surface area contributed by atoms with Crippen LogP contribution in [-0.4, -0.2) is 132 Å². The topological polar surface area (TPSA) is 207 Å². The molecule has 16 nitrogen and oxygen atoms in total. The summed E-state index contributed by atoms with van der Waals surface area (Å²) < 4.78 is 4.90. The van der Waals surface area contributed by atoms with Gasteiger partial charge < -0.3 is 39.7 Å². The number of carbonyl (C=O) groups is 6. The third-order valence-corrected chi connectivity index (χ3v) is 8.88. The number of aliphatic hydroxyl groups is 1. The first-order valence-electron chi connectivity index (χ1n) is 15.3. The molecule has 45 heavy (non-hydrogen) atoms. The van der Waals surface area contributed by atoms with Crippen LogP contribution in [0.15, 0.2) is 10.9 Å². The van der Waals surface area contributed by atoms with Crippen LogP contribution in [0.2, 0.25) is 0 Å². The highest BCUT2D eigenvalue weighted by molar-refractivity contribution is 6.00. The molecule has 5 amide bonds. The molecule has 5 heterocycles. The van der Waals surface area contributed by atoms with Gasteiger partial charge in [0, 0.05) is 24.9 Å². The number of nitrogens with one attached hydrogen (secondary N) is 1. The van der Waals surface area contributed by atoms with Crippen LogP contribution in [0.4, 0.5) is 0 Å². The molecule has 3 N–H and O–H groups in total. The summed E-state index contributed by atoms with van der Waals surface area (Å²) in [6.07, 6.45) is 3.11. The number of carboxylic acid groups (broad SMARTS) is 1. The molecule has 248 valence electrons. The molecule has 4 fully saturated rings. The Morgan fingerprint density at radius 3 is 1.76 bits per heavy atom. The number of carbonyl (C=O) groups excluding carboxylic acids is 5. The molecular formula is C29H43N7O9. The summed E-state index contributed by atoms with van der Waals surface area (Å²) >= 11 is 0. The van der Waals surface area contributed by atoms with Crippen molar-refractivity contribution in [3.63, 3.8) is 0 Å². The Kier molecular flexibility index (Phi) is 9.85. The van der Waals surface area contributed by atoms with Gasteiger partial charge in [0.15, 0.2) is 6.33 Å². The second-order valence-corrected chi connectivity index (χ2v) is 12.8. The van der Waals surface area contributed by atoms with E-state index in [2.05, 4.69) is 15.5 Å². The van der Waals surface area contributed by atoms with Gasteiger partial charge in [-0.2, -0.15) is 4.98 Å². The van der Waals surface area contributed by atoms with Crippen LogP contribution in [0.25, 0.3) is 0 Å². The van der Waals surface area contributed by atoms with Crippen molar-refractivity contribution in [1.29, 1.82) is 0 Å². The molecule has 0 aliphatic carbocycles. The molecule has 1 aromatic rings. The lowest BCUT2D eigenvalue weighted by molar-refractivity contribution is -0.171. The van der Waals surface area contributed by atoms with Crippen LogP contribution < -0.4 is 5.32 Å². The van der Waals surface area contributed by atoms with Crippen molar-refractivity contribution in [2.75, 3.05) is 39.3 Å². The molecule has 4 aliphatic heterocycles. The number of carboxylic acids is 1. The minimum atomic E-state index is -1.02. The summed E-state index contributed by atoms with van der Waals surface area (Å²) in [6, 6.07) is -0.851. The van der Waals surface area contributed by atoms with E-state index in [9.17, 15) is 33.9 Å². The molecule has 4 atom stereocenters. The van der Waals surface area contributed by atoms with Crippen molar-refractivity contribution < 1.29 is 43.5 Å². The van der Waals surface area contributed by atoms with Gasteiger partial charge in [0.2, 0.25) is 17.7 Å². The molecule has 2 spiro atoms. The zero-order chi connectivity index (χ0) is 33.3. The van der Waals surface area contributed by atoms with Crippen LogP contribution in [0, 0.1) is 11.8 Å². The third kappa shape index (κ3) is 6.37. The van der Waals surface area contributed by atoms with Crippen LogP contribution in [0.1, 0.15) is 72.2 Å². The van der Waals surface area contributed by atoms with E-state index in [1.165, 1.54) is 23.1 Å². The molecule has 4 saturated heterocycles. The van der Waals surface area contributed by atoms with Gasteiger partial charge in [-0.3, -0.25) is 28.8 Å². The van der Waals surface area contributed by atoms with Gasteiger partial charge >= 0.3 is 5.97 Å². The molecule has 0 bridgehead atoms. The first-order chi connectivity index (χ1) is 21.1. The number of aliphatic hydroxyl groups excluding tert-OH is 1. The number of aromatic nitrogens is 2. The fourth-order valence-electron chi connectivity index (χ4n) is 6.63. The molecule has 0 aromatic carbocycles. The predicted octanol–water partition coefficient (Wildman–Crippen LogP) is -0.602. The van der Waals surface area contributed by atoms with E-state index in [1.807, 2.05) is 27.7 Å². The number of nitrogens with zero attached hydrogens (tertiary/aromatic N) is 6. The number of aliphatic carboxylic acids is 1. The second kappa shape index (κ2) is 13.1. The summed E-state index contributed by atoms with van der Waals surface area (Å²) in [7, 11) is 0. The predicted molar refractivity (Wildman–Crippen MR) is 155 cm³/mol. The summed E-state index contributed by atoms with van der Waals surface area (Å²) in [5, 5.41) is 24.6. The Labute approximate surface area is 261 Å². The van der Waals surface area contributed by atoms with E-state index >= 15 is 0 Å². The summed E-state index contributed by atoms with van der Waals surface area (Å²) in [4.78, 5) is 82.2. The molecule has 0 radical (unpaired) electrons. The van der Waals surface area contributed by atoms with Gasteiger partial charge in [0.05, 0.1) is 25.7 Å². The number of rotatable bonds is 9. The minimum absolute atomic E-state index is 0.0178. The van der Waals surface area contributed by atoms with Gasteiger partial charge in [0.1, 0.15) is 23.7 Å². The largest absolute Gasteiger partial charge is 0.480 e. The Balaban J connectivity index is 0.000000222. The molecule has 5 rings (SSSR count).